The Morgan fingerprint density at radius 1 is 1.25 bits per heavy atom. The van der Waals surface area contributed by atoms with E-state index in [1.54, 1.807) is 11.8 Å². The van der Waals surface area contributed by atoms with E-state index in [0.717, 1.165) is 0 Å². The third-order valence-electron chi connectivity index (χ3n) is 2.35. The first-order valence-corrected chi connectivity index (χ1v) is 6.45. The van der Waals surface area contributed by atoms with Crippen LogP contribution in [0.1, 0.15) is 48.5 Å². The van der Waals surface area contributed by atoms with Crippen molar-refractivity contribution in [3.05, 3.63) is 0 Å². The maximum Gasteiger partial charge on any atom is 0.325 e. The van der Waals surface area contributed by atoms with Crippen molar-refractivity contribution >= 4 is 17.7 Å². The van der Waals surface area contributed by atoms with Gasteiger partial charge in [-0.2, -0.15) is 0 Å². The summed E-state index contributed by atoms with van der Waals surface area (Å²) in [4.78, 5) is 12.0. The highest BCUT2D eigenvalue weighted by molar-refractivity contribution is 8.02. The first-order valence-electron chi connectivity index (χ1n) is 5.64. The number of esters is 1. The Bertz CT molecular complexity index is 292. The Hall–Kier alpha value is -0.220. The molecule has 1 unspecified atom stereocenters. The molecule has 0 aromatic heterocycles. The van der Waals surface area contributed by atoms with Gasteiger partial charge in [-0.15, -0.1) is 11.8 Å². The van der Waals surface area contributed by atoms with Gasteiger partial charge in [0.15, 0.2) is 0 Å². The molecule has 0 aromatic rings. The molecule has 1 heterocycles. The van der Waals surface area contributed by atoms with Crippen molar-refractivity contribution in [3.63, 3.8) is 0 Å². The zero-order valence-electron chi connectivity index (χ0n) is 11.3. The molecule has 1 aliphatic rings. The van der Waals surface area contributed by atoms with Crippen LogP contribution in [-0.4, -0.2) is 27.2 Å². The van der Waals surface area contributed by atoms with Gasteiger partial charge in [0.1, 0.15) is 11.6 Å². The van der Waals surface area contributed by atoms with E-state index in [9.17, 15) is 4.79 Å². The smallest absolute Gasteiger partial charge is 0.325 e. The van der Waals surface area contributed by atoms with Gasteiger partial charge in [-0.3, -0.25) is 10.1 Å². The molecule has 0 saturated carbocycles. The summed E-state index contributed by atoms with van der Waals surface area (Å²) < 4.78 is 5.30. The van der Waals surface area contributed by atoms with Gasteiger partial charge in [-0.25, -0.2) is 0 Å². The molecule has 0 amide bonds. The zero-order chi connectivity index (χ0) is 12.8. The molecule has 94 valence electrons. The van der Waals surface area contributed by atoms with Gasteiger partial charge in [0.25, 0.3) is 0 Å². The molecule has 0 spiro atoms. The number of carbonyl (C=O) groups excluding carboxylic acids is 1. The lowest BCUT2D eigenvalue weighted by molar-refractivity contribution is -0.158. The van der Waals surface area contributed by atoms with Crippen LogP contribution < -0.4 is 5.32 Å². The molecule has 4 heteroatoms. The predicted molar refractivity (Wildman–Crippen MR) is 68.5 cm³/mol. The molecule has 0 aliphatic carbocycles. The van der Waals surface area contributed by atoms with E-state index in [0.29, 0.717) is 0 Å². The van der Waals surface area contributed by atoms with Gasteiger partial charge < -0.3 is 4.74 Å². The summed E-state index contributed by atoms with van der Waals surface area (Å²) >= 11 is 1.78. The largest absolute Gasteiger partial charge is 0.459 e. The van der Waals surface area contributed by atoms with E-state index in [1.165, 1.54) is 0 Å². The number of carbonyl (C=O) groups is 1. The molecule has 1 saturated heterocycles. The van der Waals surface area contributed by atoms with Crippen LogP contribution in [0.4, 0.5) is 0 Å². The summed E-state index contributed by atoms with van der Waals surface area (Å²) in [6.45, 7) is 14.0. The molecule has 0 aromatic carbocycles. The quantitative estimate of drug-likeness (QED) is 0.721. The van der Waals surface area contributed by atoms with E-state index in [1.807, 2.05) is 20.8 Å². The summed E-state index contributed by atoms with van der Waals surface area (Å²) in [6.07, 6.45) is 0. The zero-order valence-corrected chi connectivity index (χ0v) is 12.1. The van der Waals surface area contributed by atoms with Crippen molar-refractivity contribution in [1.29, 1.82) is 0 Å². The SMILES string of the molecule is CC(C)(C)OC(=O)C1NC(C)(C)SC1(C)C. The molecule has 1 aliphatic heterocycles. The van der Waals surface area contributed by atoms with Crippen LogP contribution in [0.3, 0.4) is 0 Å². The monoisotopic (exact) mass is 245 g/mol. The number of hydrogen-bond acceptors (Lipinski definition) is 4. The minimum Gasteiger partial charge on any atom is -0.459 e. The molecule has 16 heavy (non-hydrogen) atoms. The Morgan fingerprint density at radius 3 is 2.06 bits per heavy atom. The number of nitrogens with one attached hydrogen (secondary N) is 1. The van der Waals surface area contributed by atoms with E-state index >= 15 is 0 Å². The highest BCUT2D eigenvalue weighted by Gasteiger charge is 2.49. The van der Waals surface area contributed by atoms with Gasteiger partial charge in [-0.05, 0) is 48.5 Å². The fraction of sp³-hybridized carbons (Fsp3) is 0.917. The predicted octanol–water partition coefficient (Wildman–Crippen LogP) is 2.55. The first-order chi connectivity index (χ1) is 6.93. The fourth-order valence-electron chi connectivity index (χ4n) is 1.97. The Morgan fingerprint density at radius 2 is 1.75 bits per heavy atom. The second kappa shape index (κ2) is 3.91. The minimum atomic E-state index is -0.424. The van der Waals surface area contributed by atoms with Crippen LogP contribution in [0.15, 0.2) is 0 Å². The Balaban J connectivity index is 2.78. The van der Waals surface area contributed by atoms with Gasteiger partial charge in [0, 0.05) is 4.75 Å². The van der Waals surface area contributed by atoms with Crippen LogP contribution in [0.25, 0.3) is 0 Å². The van der Waals surface area contributed by atoms with E-state index in [4.69, 9.17) is 4.74 Å². The van der Waals surface area contributed by atoms with Crippen LogP contribution in [0.2, 0.25) is 0 Å². The minimum absolute atomic E-state index is 0.0783. The summed E-state index contributed by atoms with van der Waals surface area (Å²) in [7, 11) is 0. The third-order valence-corrected chi connectivity index (χ3v) is 3.74. The van der Waals surface area contributed by atoms with Crippen molar-refractivity contribution in [2.75, 3.05) is 0 Å². The summed E-state index contributed by atoms with van der Waals surface area (Å²) in [5, 5.41) is 3.33. The van der Waals surface area contributed by atoms with E-state index < -0.39 is 5.60 Å². The van der Waals surface area contributed by atoms with Crippen molar-refractivity contribution in [3.8, 4) is 0 Å². The van der Waals surface area contributed by atoms with Crippen molar-refractivity contribution in [2.24, 2.45) is 0 Å². The summed E-state index contributed by atoms with van der Waals surface area (Å²) in [5.74, 6) is -0.157. The second-order valence-electron chi connectivity index (χ2n) is 6.33. The fourth-order valence-corrected chi connectivity index (χ4v) is 3.74. The van der Waals surface area contributed by atoms with E-state index in [-0.39, 0.29) is 21.6 Å². The molecule has 0 bridgehead atoms. The number of ether oxygens (including phenoxy) is 1. The molecular formula is C12H23NO2S. The standard InChI is InChI=1S/C12H23NO2S/c1-10(2,3)15-9(14)8-11(4,5)16-12(6,7)13-8/h8,13H,1-7H3. The normalized spacial score (nSPS) is 27.8. The van der Waals surface area contributed by atoms with Crippen LogP contribution >= 0.6 is 11.8 Å². The first kappa shape index (κ1) is 13.8. The summed E-state index contributed by atoms with van der Waals surface area (Å²) in [6, 6.07) is -0.244. The highest BCUT2D eigenvalue weighted by Crippen LogP contribution is 2.44. The molecule has 1 fully saturated rings. The molecule has 1 N–H and O–H groups in total. The number of thioether (sulfide) groups is 1. The molecule has 1 rings (SSSR count). The average Bonchev–Trinajstić information content (AvgIpc) is 2.14. The van der Waals surface area contributed by atoms with E-state index in [2.05, 4.69) is 33.0 Å². The van der Waals surface area contributed by atoms with Crippen molar-refractivity contribution < 1.29 is 9.53 Å². The number of hydrogen-bond donors (Lipinski definition) is 1. The lowest BCUT2D eigenvalue weighted by Gasteiger charge is -2.27. The Labute approximate surface area is 103 Å². The average molecular weight is 245 g/mol. The van der Waals surface area contributed by atoms with Crippen LogP contribution in [0, 0.1) is 0 Å². The summed E-state index contributed by atoms with van der Waals surface area (Å²) in [5.41, 5.74) is -0.424. The van der Waals surface area contributed by atoms with Gasteiger partial charge >= 0.3 is 5.97 Å². The third kappa shape index (κ3) is 3.39. The second-order valence-corrected chi connectivity index (χ2v) is 8.60. The highest BCUT2D eigenvalue weighted by atomic mass is 32.2. The maximum atomic E-state index is 12.1. The maximum absolute atomic E-state index is 12.1. The lowest BCUT2D eigenvalue weighted by Crippen LogP contribution is -2.49. The van der Waals surface area contributed by atoms with Gasteiger partial charge in [-0.1, -0.05) is 0 Å². The molecule has 3 nitrogen and oxygen atoms in total. The van der Waals surface area contributed by atoms with Gasteiger partial charge in [0.05, 0.1) is 4.87 Å². The van der Waals surface area contributed by atoms with Crippen molar-refractivity contribution in [1.82, 2.24) is 5.32 Å². The lowest BCUT2D eigenvalue weighted by atomic mass is 10.0. The molecular weight excluding hydrogens is 222 g/mol. The topological polar surface area (TPSA) is 38.3 Å². The Kier molecular flexibility index (Phi) is 3.39. The van der Waals surface area contributed by atoms with Crippen LogP contribution in [0.5, 0.6) is 0 Å². The molecule has 1 atom stereocenters. The molecule has 0 radical (unpaired) electrons. The van der Waals surface area contributed by atoms with Crippen molar-refractivity contribution in [2.45, 2.75) is 69.7 Å². The number of rotatable bonds is 1. The van der Waals surface area contributed by atoms with Crippen LogP contribution in [-0.2, 0) is 9.53 Å². The van der Waals surface area contributed by atoms with Gasteiger partial charge in [0.2, 0.25) is 0 Å².